The normalized spacial score (nSPS) is 16.8. The van der Waals surface area contributed by atoms with Gasteiger partial charge in [-0.25, -0.2) is 5.84 Å². The fourth-order valence-electron chi connectivity index (χ4n) is 2.22. The van der Waals surface area contributed by atoms with Crippen molar-refractivity contribution in [1.29, 1.82) is 0 Å². The summed E-state index contributed by atoms with van der Waals surface area (Å²) in [5, 5.41) is 3.35. The van der Waals surface area contributed by atoms with Crippen LogP contribution in [0.4, 0.5) is 0 Å². The van der Waals surface area contributed by atoms with Crippen LogP contribution in [0.3, 0.4) is 0 Å². The van der Waals surface area contributed by atoms with E-state index in [4.69, 9.17) is 5.84 Å². The highest BCUT2D eigenvalue weighted by Crippen LogP contribution is 2.17. The van der Waals surface area contributed by atoms with E-state index in [0.717, 1.165) is 12.1 Å². The molecule has 0 atom stereocenters. The number of nitrogens with two attached hydrogens (primary N) is 1. The van der Waals surface area contributed by atoms with Gasteiger partial charge in [0.1, 0.15) is 0 Å². The highest BCUT2D eigenvalue weighted by Gasteiger charge is 2.15. The molecule has 0 spiro atoms. The molecule has 0 unspecified atom stereocenters. The van der Waals surface area contributed by atoms with E-state index in [1.807, 2.05) is 18.2 Å². The molecule has 5 nitrogen and oxygen atoms in total. The third-order valence-electron chi connectivity index (χ3n) is 3.20. The fourth-order valence-corrected chi connectivity index (χ4v) is 2.22. The van der Waals surface area contributed by atoms with Gasteiger partial charge in [-0.1, -0.05) is 18.9 Å². The van der Waals surface area contributed by atoms with Crippen LogP contribution in [0, 0.1) is 0 Å². The molecule has 0 radical (unpaired) electrons. The molecular weight excluding hydrogens is 226 g/mol. The number of hydrogen-bond acceptors (Lipinski definition) is 3. The monoisotopic (exact) mass is 247 g/mol. The summed E-state index contributed by atoms with van der Waals surface area (Å²) in [7, 11) is 0. The summed E-state index contributed by atoms with van der Waals surface area (Å²) < 4.78 is 0. The molecule has 1 aliphatic rings. The maximum Gasteiger partial charge on any atom is 0.205 e. The molecule has 1 fully saturated rings. The minimum absolute atomic E-state index is 0.523. The zero-order chi connectivity index (χ0) is 12.6. The number of guanidine groups is 1. The zero-order valence-electron chi connectivity index (χ0n) is 10.6. The van der Waals surface area contributed by atoms with Gasteiger partial charge in [-0.05, 0) is 25.0 Å². The Hall–Kier alpha value is -1.62. The Morgan fingerprint density at radius 2 is 2.22 bits per heavy atom. The Balaban J connectivity index is 1.78. The van der Waals surface area contributed by atoms with Gasteiger partial charge in [-0.15, -0.1) is 0 Å². The lowest BCUT2D eigenvalue weighted by molar-refractivity contribution is 0.614. The van der Waals surface area contributed by atoms with Gasteiger partial charge in [0.25, 0.3) is 0 Å². The number of pyridine rings is 1. The Bertz CT molecular complexity index is 370. The van der Waals surface area contributed by atoms with Gasteiger partial charge in [-0.3, -0.25) is 15.4 Å². The first-order valence-corrected chi connectivity index (χ1v) is 6.56. The van der Waals surface area contributed by atoms with Crippen LogP contribution in [0.5, 0.6) is 0 Å². The molecule has 2 rings (SSSR count). The van der Waals surface area contributed by atoms with Crippen LogP contribution in [0.2, 0.25) is 0 Å². The predicted octanol–water partition coefficient (Wildman–Crippen LogP) is 0.976. The van der Waals surface area contributed by atoms with Crippen LogP contribution < -0.4 is 16.6 Å². The van der Waals surface area contributed by atoms with Crippen LogP contribution >= 0.6 is 0 Å². The molecule has 1 saturated carbocycles. The van der Waals surface area contributed by atoms with Crippen LogP contribution in [0.25, 0.3) is 0 Å². The van der Waals surface area contributed by atoms with E-state index < -0.39 is 0 Å². The third kappa shape index (κ3) is 4.00. The lowest BCUT2D eigenvalue weighted by atomic mass is 10.2. The first kappa shape index (κ1) is 12.8. The standard InChI is InChI=1S/C13H21N5/c14-18-13(17-12-6-1-2-7-12)16-10-8-11-5-3-4-9-15-11/h3-5,9,12H,1-2,6-8,10,14H2,(H2,16,17,18). The second-order valence-corrected chi connectivity index (χ2v) is 4.57. The molecule has 98 valence electrons. The summed E-state index contributed by atoms with van der Waals surface area (Å²) >= 11 is 0. The maximum atomic E-state index is 5.47. The number of aromatic nitrogens is 1. The van der Waals surface area contributed by atoms with Crippen molar-refractivity contribution < 1.29 is 0 Å². The quantitative estimate of drug-likeness (QED) is 0.321. The van der Waals surface area contributed by atoms with E-state index in [9.17, 15) is 0 Å². The second kappa shape index (κ2) is 6.96. The van der Waals surface area contributed by atoms with E-state index in [1.54, 1.807) is 6.20 Å². The molecule has 1 aromatic rings. The van der Waals surface area contributed by atoms with Gasteiger partial charge in [0.15, 0.2) is 0 Å². The van der Waals surface area contributed by atoms with E-state index in [0.29, 0.717) is 18.5 Å². The SMILES string of the molecule is NNC(=NCCc1ccccn1)NC1CCCC1. The Morgan fingerprint density at radius 1 is 1.39 bits per heavy atom. The zero-order valence-corrected chi connectivity index (χ0v) is 10.6. The van der Waals surface area contributed by atoms with Crippen LogP contribution in [0.1, 0.15) is 31.4 Å². The third-order valence-corrected chi connectivity index (χ3v) is 3.20. The number of nitrogens with zero attached hydrogens (tertiary/aromatic N) is 2. The Morgan fingerprint density at radius 3 is 2.89 bits per heavy atom. The molecule has 0 aromatic carbocycles. The van der Waals surface area contributed by atoms with Crippen molar-refractivity contribution in [2.45, 2.75) is 38.1 Å². The molecule has 0 saturated heterocycles. The van der Waals surface area contributed by atoms with Gasteiger partial charge in [0.2, 0.25) is 5.96 Å². The van der Waals surface area contributed by atoms with Crippen LogP contribution in [0.15, 0.2) is 29.4 Å². The highest BCUT2D eigenvalue weighted by molar-refractivity contribution is 5.79. The highest BCUT2D eigenvalue weighted by atomic mass is 15.3. The average molecular weight is 247 g/mol. The summed E-state index contributed by atoms with van der Waals surface area (Å²) in [6.07, 6.45) is 7.64. The van der Waals surface area contributed by atoms with Crippen LogP contribution in [-0.4, -0.2) is 23.5 Å². The van der Waals surface area contributed by atoms with Crippen molar-refractivity contribution in [2.75, 3.05) is 6.54 Å². The van der Waals surface area contributed by atoms with E-state index in [1.165, 1.54) is 25.7 Å². The molecule has 1 heterocycles. The molecule has 0 amide bonds. The van der Waals surface area contributed by atoms with Gasteiger partial charge in [0.05, 0.1) is 0 Å². The van der Waals surface area contributed by atoms with Gasteiger partial charge in [0, 0.05) is 30.9 Å². The number of nitrogens with one attached hydrogen (secondary N) is 2. The van der Waals surface area contributed by atoms with Crippen LogP contribution in [-0.2, 0) is 6.42 Å². The lowest BCUT2D eigenvalue weighted by Crippen LogP contribution is -2.45. The average Bonchev–Trinajstić information content (AvgIpc) is 2.92. The molecule has 1 aromatic heterocycles. The van der Waals surface area contributed by atoms with Crippen molar-refractivity contribution in [3.8, 4) is 0 Å². The number of hydrazine groups is 1. The smallest absolute Gasteiger partial charge is 0.205 e. The largest absolute Gasteiger partial charge is 0.353 e. The molecule has 0 bridgehead atoms. The van der Waals surface area contributed by atoms with Gasteiger partial charge in [-0.2, -0.15) is 0 Å². The first-order valence-electron chi connectivity index (χ1n) is 6.56. The second-order valence-electron chi connectivity index (χ2n) is 4.57. The topological polar surface area (TPSA) is 75.3 Å². The van der Waals surface area contributed by atoms with Crippen molar-refractivity contribution in [3.05, 3.63) is 30.1 Å². The van der Waals surface area contributed by atoms with Crippen molar-refractivity contribution >= 4 is 5.96 Å². The fraction of sp³-hybridized carbons (Fsp3) is 0.538. The number of hydrogen-bond donors (Lipinski definition) is 3. The lowest BCUT2D eigenvalue weighted by Gasteiger charge is -2.14. The number of aliphatic imine (C=N–C) groups is 1. The van der Waals surface area contributed by atoms with E-state index >= 15 is 0 Å². The summed E-state index contributed by atoms with van der Waals surface area (Å²) in [6.45, 7) is 0.691. The molecule has 4 N–H and O–H groups in total. The van der Waals surface area contributed by atoms with Crippen molar-refractivity contribution in [2.24, 2.45) is 10.8 Å². The first-order chi connectivity index (χ1) is 8.88. The van der Waals surface area contributed by atoms with E-state index in [-0.39, 0.29) is 0 Å². The van der Waals surface area contributed by atoms with Crippen molar-refractivity contribution in [3.63, 3.8) is 0 Å². The minimum Gasteiger partial charge on any atom is -0.353 e. The van der Waals surface area contributed by atoms with Gasteiger partial charge < -0.3 is 5.32 Å². The Kier molecular flexibility index (Phi) is 4.96. The maximum absolute atomic E-state index is 5.47. The summed E-state index contributed by atoms with van der Waals surface area (Å²) in [5.74, 6) is 6.16. The number of rotatable bonds is 4. The van der Waals surface area contributed by atoms with Gasteiger partial charge >= 0.3 is 0 Å². The molecule has 1 aliphatic carbocycles. The molecule has 0 aliphatic heterocycles. The summed E-state index contributed by atoms with van der Waals surface area (Å²) in [4.78, 5) is 8.69. The molecule has 5 heteroatoms. The molecule has 18 heavy (non-hydrogen) atoms. The molecular formula is C13H21N5. The Labute approximate surface area is 108 Å². The van der Waals surface area contributed by atoms with E-state index in [2.05, 4.69) is 20.7 Å². The predicted molar refractivity (Wildman–Crippen MR) is 73.0 cm³/mol. The van der Waals surface area contributed by atoms with Crippen molar-refractivity contribution in [1.82, 2.24) is 15.7 Å². The summed E-state index contributed by atoms with van der Waals surface area (Å²) in [6, 6.07) is 6.44. The summed E-state index contributed by atoms with van der Waals surface area (Å²) in [5.41, 5.74) is 3.69. The minimum atomic E-state index is 0.523.